The van der Waals surface area contributed by atoms with Crippen LogP contribution in [0.3, 0.4) is 0 Å². The van der Waals surface area contributed by atoms with Gasteiger partial charge >= 0.3 is 0 Å². The van der Waals surface area contributed by atoms with Gasteiger partial charge in [0, 0.05) is 17.6 Å². The Morgan fingerprint density at radius 2 is 2.23 bits per heavy atom. The van der Waals surface area contributed by atoms with Crippen LogP contribution in [0.2, 0.25) is 0 Å². The summed E-state index contributed by atoms with van der Waals surface area (Å²) in [6.45, 7) is 0. The number of methoxy groups -OCH3 is 1. The van der Waals surface area contributed by atoms with Crippen molar-refractivity contribution in [2.45, 2.75) is 0 Å². The van der Waals surface area contributed by atoms with Crippen LogP contribution < -0.4 is 4.74 Å². The lowest BCUT2D eigenvalue weighted by Crippen LogP contribution is -1.88. The first-order valence-electron chi connectivity index (χ1n) is 3.74. The molecule has 1 heterocycles. The van der Waals surface area contributed by atoms with E-state index in [1.54, 1.807) is 13.3 Å². The predicted octanol–water partition coefficient (Wildman–Crippen LogP) is 2.24. The molecule has 66 valence electrons. The number of rotatable bonds is 1. The van der Waals surface area contributed by atoms with E-state index in [1.807, 2.05) is 12.1 Å². The topological polar surface area (TPSA) is 35.0 Å². The van der Waals surface area contributed by atoms with Crippen molar-refractivity contribution < 1.29 is 4.74 Å². The molecule has 0 aliphatic rings. The quantitative estimate of drug-likeness (QED) is 0.754. The average molecular weight is 286 g/mol. The maximum absolute atomic E-state index is 5.19. The van der Waals surface area contributed by atoms with Crippen molar-refractivity contribution in [2.24, 2.45) is 0 Å². The normalized spacial score (nSPS) is 10.3. The van der Waals surface area contributed by atoms with Crippen LogP contribution in [0.25, 0.3) is 10.9 Å². The molecule has 13 heavy (non-hydrogen) atoms. The molecule has 4 heteroatoms. The lowest BCUT2D eigenvalue weighted by atomic mass is 10.2. The predicted molar refractivity (Wildman–Crippen MR) is 58.8 cm³/mol. The summed E-state index contributed by atoms with van der Waals surface area (Å²) in [6, 6.07) is 3.92. The van der Waals surface area contributed by atoms with E-state index in [2.05, 4.69) is 32.6 Å². The monoisotopic (exact) mass is 286 g/mol. The molecule has 2 rings (SSSR count). The summed E-state index contributed by atoms with van der Waals surface area (Å²) in [7, 11) is 1.66. The second-order valence-electron chi connectivity index (χ2n) is 2.57. The van der Waals surface area contributed by atoms with Crippen molar-refractivity contribution in [3.05, 3.63) is 28.2 Å². The second kappa shape index (κ2) is 3.45. The molecule has 0 unspecified atom stereocenters. The van der Waals surface area contributed by atoms with Gasteiger partial charge in [0.2, 0.25) is 0 Å². The van der Waals surface area contributed by atoms with Gasteiger partial charge in [-0.05, 0) is 28.7 Å². The van der Waals surface area contributed by atoms with Gasteiger partial charge in [-0.3, -0.25) is 0 Å². The van der Waals surface area contributed by atoms with Gasteiger partial charge in [0.05, 0.1) is 16.2 Å². The molecule has 0 amide bonds. The number of nitrogens with zero attached hydrogens (tertiary/aromatic N) is 2. The zero-order chi connectivity index (χ0) is 9.26. The lowest BCUT2D eigenvalue weighted by Gasteiger charge is -2.03. The molecule has 1 aromatic heterocycles. The summed E-state index contributed by atoms with van der Waals surface area (Å²) in [5.74, 6) is 0.854. The molecule has 0 saturated carbocycles. The molecule has 0 aliphatic carbocycles. The minimum atomic E-state index is 0.854. The molecular formula is C9H7IN2O. The molecule has 0 atom stereocenters. The smallest absolute Gasteiger partial charge is 0.134 e. The van der Waals surface area contributed by atoms with Gasteiger partial charge < -0.3 is 4.74 Å². The lowest BCUT2D eigenvalue weighted by molar-refractivity contribution is 0.412. The number of aromatic nitrogens is 2. The fourth-order valence-electron chi connectivity index (χ4n) is 1.14. The zero-order valence-corrected chi connectivity index (χ0v) is 9.15. The Morgan fingerprint density at radius 3 is 3.00 bits per heavy atom. The molecule has 0 saturated heterocycles. The third-order valence-corrected chi connectivity index (χ3v) is 2.62. The van der Waals surface area contributed by atoms with Crippen LogP contribution in [-0.2, 0) is 0 Å². The highest BCUT2D eigenvalue weighted by Crippen LogP contribution is 2.25. The van der Waals surface area contributed by atoms with E-state index in [4.69, 9.17) is 4.74 Å². The van der Waals surface area contributed by atoms with Gasteiger partial charge in [-0.1, -0.05) is 0 Å². The van der Waals surface area contributed by atoms with Crippen LogP contribution in [0.5, 0.6) is 5.75 Å². The molecule has 0 N–H and O–H groups in total. The number of hydrogen-bond donors (Lipinski definition) is 0. The third-order valence-electron chi connectivity index (χ3n) is 1.78. The van der Waals surface area contributed by atoms with Crippen molar-refractivity contribution >= 4 is 33.5 Å². The molecule has 1 aromatic carbocycles. The number of fused-ring (bicyclic) bond motifs is 1. The molecule has 0 aliphatic heterocycles. The van der Waals surface area contributed by atoms with Crippen molar-refractivity contribution in [1.29, 1.82) is 0 Å². The van der Waals surface area contributed by atoms with E-state index >= 15 is 0 Å². The van der Waals surface area contributed by atoms with E-state index in [1.165, 1.54) is 6.33 Å². The van der Waals surface area contributed by atoms with Crippen molar-refractivity contribution in [1.82, 2.24) is 9.97 Å². The molecule has 0 radical (unpaired) electrons. The summed E-state index contributed by atoms with van der Waals surface area (Å²) in [5.41, 5.74) is 0.910. The van der Waals surface area contributed by atoms with Gasteiger partial charge in [0.1, 0.15) is 12.1 Å². The van der Waals surface area contributed by atoms with Crippen LogP contribution in [0.1, 0.15) is 0 Å². The second-order valence-corrected chi connectivity index (χ2v) is 3.73. The van der Waals surface area contributed by atoms with Crippen LogP contribution in [0.15, 0.2) is 24.7 Å². The zero-order valence-electron chi connectivity index (χ0n) is 6.99. The van der Waals surface area contributed by atoms with E-state index < -0.39 is 0 Å². The first-order valence-corrected chi connectivity index (χ1v) is 4.82. The third kappa shape index (κ3) is 1.58. The van der Waals surface area contributed by atoms with E-state index in [0.29, 0.717) is 0 Å². The Kier molecular flexibility index (Phi) is 2.30. The number of ether oxygens (including phenoxy) is 1. The summed E-state index contributed by atoms with van der Waals surface area (Å²) in [5, 5.41) is 1.03. The average Bonchev–Trinajstić information content (AvgIpc) is 2.17. The van der Waals surface area contributed by atoms with Crippen LogP contribution >= 0.6 is 22.6 Å². The number of hydrogen-bond acceptors (Lipinski definition) is 3. The minimum Gasteiger partial charge on any atom is -0.496 e. The first kappa shape index (κ1) is 8.68. The van der Waals surface area contributed by atoms with Gasteiger partial charge in [-0.15, -0.1) is 0 Å². The van der Waals surface area contributed by atoms with Crippen LogP contribution in [0.4, 0.5) is 0 Å². The Morgan fingerprint density at radius 1 is 1.38 bits per heavy atom. The maximum Gasteiger partial charge on any atom is 0.134 e. The molecule has 0 spiro atoms. The van der Waals surface area contributed by atoms with Crippen molar-refractivity contribution in [3.8, 4) is 5.75 Å². The summed E-state index contributed by atoms with van der Waals surface area (Å²) in [6.07, 6.45) is 3.33. The summed E-state index contributed by atoms with van der Waals surface area (Å²) in [4.78, 5) is 8.09. The molecule has 2 aromatic rings. The van der Waals surface area contributed by atoms with E-state index in [0.717, 1.165) is 20.2 Å². The fraction of sp³-hybridized carbons (Fsp3) is 0.111. The maximum atomic E-state index is 5.19. The summed E-state index contributed by atoms with van der Waals surface area (Å²) >= 11 is 2.23. The van der Waals surface area contributed by atoms with E-state index in [9.17, 15) is 0 Å². The van der Waals surface area contributed by atoms with Gasteiger partial charge in [0.15, 0.2) is 0 Å². The highest BCUT2D eigenvalue weighted by molar-refractivity contribution is 14.1. The van der Waals surface area contributed by atoms with Crippen molar-refractivity contribution in [2.75, 3.05) is 7.11 Å². The fourth-order valence-corrected chi connectivity index (χ4v) is 1.85. The first-order chi connectivity index (χ1) is 6.31. The molecular weight excluding hydrogens is 279 g/mol. The Balaban J connectivity index is 2.74. The SMILES string of the molecule is COc1cc2ncncc2cc1I. The Labute approximate surface area is 89.3 Å². The number of halogens is 1. The summed E-state index contributed by atoms with van der Waals surface area (Å²) < 4.78 is 6.26. The van der Waals surface area contributed by atoms with Crippen LogP contribution in [0, 0.1) is 3.57 Å². The van der Waals surface area contributed by atoms with Gasteiger partial charge in [-0.25, -0.2) is 9.97 Å². The Hall–Kier alpha value is -0.910. The largest absolute Gasteiger partial charge is 0.496 e. The molecule has 3 nitrogen and oxygen atoms in total. The van der Waals surface area contributed by atoms with Crippen molar-refractivity contribution in [3.63, 3.8) is 0 Å². The van der Waals surface area contributed by atoms with Gasteiger partial charge in [-0.2, -0.15) is 0 Å². The number of benzene rings is 1. The highest BCUT2D eigenvalue weighted by Gasteiger charge is 2.02. The van der Waals surface area contributed by atoms with Crippen LogP contribution in [-0.4, -0.2) is 17.1 Å². The minimum absolute atomic E-state index is 0.854. The molecule has 0 fully saturated rings. The highest BCUT2D eigenvalue weighted by atomic mass is 127. The molecule has 0 bridgehead atoms. The standard InChI is InChI=1S/C9H7IN2O/c1-13-9-3-8-6(2-7(9)10)4-11-5-12-8/h2-5H,1H3. The van der Waals surface area contributed by atoms with E-state index in [-0.39, 0.29) is 0 Å². The Bertz CT molecular complexity index is 445. The van der Waals surface area contributed by atoms with Gasteiger partial charge in [0.25, 0.3) is 0 Å².